The van der Waals surface area contributed by atoms with Crippen molar-refractivity contribution in [3.63, 3.8) is 0 Å². The molecule has 9 heteroatoms. The molecule has 1 N–H and O–H groups in total. The largest absolute Gasteiger partial charge is 0.401 e. The van der Waals surface area contributed by atoms with E-state index in [2.05, 4.69) is 15.4 Å². The summed E-state index contributed by atoms with van der Waals surface area (Å²) in [7, 11) is 1.96. The minimum Gasteiger partial charge on any atom is -0.306 e. The molecule has 0 aliphatic heterocycles. The first-order chi connectivity index (χ1) is 14.8. The van der Waals surface area contributed by atoms with Crippen molar-refractivity contribution in [2.45, 2.75) is 70.0 Å². The predicted molar refractivity (Wildman–Crippen MR) is 114 cm³/mol. The molecule has 5 nitrogen and oxygen atoms in total. The van der Waals surface area contributed by atoms with E-state index >= 15 is 0 Å². The lowest BCUT2D eigenvalue weighted by Crippen LogP contribution is -2.39. The fraction of sp³-hybridized carbons (Fsp3) is 0.682. The Labute approximate surface area is 185 Å². The summed E-state index contributed by atoms with van der Waals surface area (Å²) in [5.74, 6) is 1.99. The molecule has 0 radical (unpaired) electrons. The van der Waals surface area contributed by atoms with Gasteiger partial charge in [0, 0.05) is 37.0 Å². The van der Waals surface area contributed by atoms with Crippen LogP contribution in [0.2, 0.25) is 5.02 Å². The van der Waals surface area contributed by atoms with E-state index in [9.17, 15) is 13.2 Å². The number of nitrogens with zero attached hydrogens (tertiary/aromatic N) is 4. The van der Waals surface area contributed by atoms with Gasteiger partial charge in [-0.25, -0.2) is 9.97 Å². The zero-order valence-corrected chi connectivity index (χ0v) is 18.5. The molecule has 0 spiro atoms. The third kappa shape index (κ3) is 6.19. The molecule has 0 unspecified atom stereocenters. The summed E-state index contributed by atoms with van der Waals surface area (Å²) in [5.41, 5.74) is 2.90. The molecule has 0 atom stereocenters. The van der Waals surface area contributed by atoms with Crippen LogP contribution in [0.5, 0.6) is 0 Å². The molecule has 2 aromatic rings. The molecule has 4 rings (SSSR count). The standard InChI is InChI=1S/C22H29ClF3N5/c1-31-19(10-15-2-3-15)17(11-29-31)21-18(23)12-27-20(30-21)9-6-14-4-7-16(8-5-14)28-13-22(24,25)26/h11-12,14-16,28H,2-10,13H2,1H3. The summed E-state index contributed by atoms with van der Waals surface area (Å²) in [5, 5.41) is 7.60. The Kier molecular flexibility index (Phi) is 6.86. The van der Waals surface area contributed by atoms with Gasteiger partial charge < -0.3 is 5.32 Å². The smallest absolute Gasteiger partial charge is 0.306 e. The maximum Gasteiger partial charge on any atom is 0.401 e. The van der Waals surface area contributed by atoms with Gasteiger partial charge in [0.15, 0.2) is 0 Å². The van der Waals surface area contributed by atoms with Crippen LogP contribution in [-0.2, 0) is 19.9 Å². The molecule has 2 saturated carbocycles. The van der Waals surface area contributed by atoms with Gasteiger partial charge in [-0.15, -0.1) is 0 Å². The van der Waals surface area contributed by atoms with Crippen LogP contribution >= 0.6 is 11.6 Å². The Hall–Kier alpha value is -1.67. The van der Waals surface area contributed by atoms with Gasteiger partial charge in [-0.1, -0.05) is 11.6 Å². The van der Waals surface area contributed by atoms with Crippen LogP contribution in [0.3, 0.4) is 0 Å². The van der Waals surface area contributed by atoms with Gasteiger partial charge in [0.2, 0.25) is 0 Å². The molecular weight excluding hydrogens is 427 g/mol. The van der Waals surface area contributed by atoms with Crippen molar-refractivity contribution < 1.29 is 13.2 Å². The second kappa shape index (κ2) is 9.45. The highest BCUT2D eigenvalue weighted by Gasteiger charge is 2.30. The van der Waals surface area contributed by atoms with E-state index in [0.717, 1.165) is 67.9 Å². The molecule has 170 valence electrons. The zero-order valence-electron chi connectivity index (χ0n) is 17.8. The lowest BCUT2D eigenvalue weighted by Gasteiger charge is -2.29. The van der Waals surface area contributed by atoms with Gasteiger partial charge in [-0.2, -0.15) is 18.3 Å². The normalized spacial score (nSPS) is 22.1. The second-order valence-corrected chi connectivity index (χ2v) is 9.42. The summed E-state index contributed by atoms with van der Waals surface area (Å²) < 4.78 is 39.1. The number of hydrogen-bond acceptors (Lipinski definition) is 4. The fourth-order valence-corrected chi connectivity index (χ4v) is 4.65. The molecule has 2 aromatic heterocycles. The number of aryl methyl sites for hydroxylation is 2. The quantitative estimate of drug-likeness (QED) is 0.599. The van der Waals surface area contributed by atoms with Gasteiger partial charge >= 0.3 is 6.18 Å². The molecule has 2 fully saturated rings. The topological polar surface area (TPSA) is 55.6 Å². The van der Waals surface area contributed by atoms with Crippen molar-refractivity contribution in [1.29, 1.82) is 0 Å². The Morgan fingerprint density at radius 1 is 1.10 bits per heavy atom. The minimum absolute atomic E-state index is 0.0354. The molecule has 2 heterocycles. The van der Waals surface area contributed by atoms with Crippen molar-refractivity contribution >= 4 is 11.6 Å². The molecule has 0 bridgehead atoms. The monoisotopic (exact) mass is 455 g/mol. The minimum atomic E-state index is -4.15. The third-order valence-corrected chi connectivity index (χ3v) is 6.78. The Balaban J connectivity index is 1.34. The average Bonchev–Trinajstić information content (AvgIpc) is 3.49. The highest BCUT2D eigenvalue weighted by atomic mass is 35.5. The van der Waals surface area contributed by atoms with Crippen LogP contribution in [0.4, 0.5) is 13.2 Å². The highest BCUT2D eigenvalue weighted by molar-refractivity contribution is 6.32. The van der Waals surface area contributed by atoms with Gasteiger partial charge in [0.1, 0.15) is 5.82 Å². The van der Waals surface area contributed by atoms with Crippen molar-refractivity contribution in [3.8, 4) is 11.3 Å². The van der Waals surface area contributed by atoms with E-state index in [1.165, 1.54) is 18.5 Å². The second-order valence-electron chi connectivity index (χ2n) is 9.01. The van der Waals surface area contributed by atoms with Crippen molar-refractivity contribution in [2.75, 3.05) is 6.54 Å². The van der Waals surface area contributed by atoms with E-state index < -0.39 is 12.7 Å². The first-order valence-corrected chi connectivity index (χ1v) is 11.5. The van der Waals surface area contributed by atoms with Crippen LogP contribution in [0.1, 0.15) is 56.5 Å². The molecule has 0 saturated heterocycles. The number of aromatic nitrogens is 4. The lowest BCUT2D eigenvalue weighted by atomic mass is 9.83. The SMILES string of the molecule is Cn1ncc(-c2nc(CCC3CCC(NCC(F)(F)F)CC3)ncc2Cl)c1CC1CC1. The summed E-state index contributed by atoms with van der Waals surface area (Å²) >= 11 is 6.44. The first kappa shape index (κ1) is 22.5. The van der Waals surface area contributed by atoms with E-state index in [4.69, 9.17) is 16.6 Å². The maximum atomic E-state index is 12.4. The number of hydrogen-bond donors (Lipinski definition) is 1. The molecular formula is C22H29ClF3N5. The van der Waals surface area contributed by atoms with Crippen LogP contribution in [0, 0.1) is 11.8 Å². The summed E-state index contributed by atoms with van der Waals surface area (Å²) in [6, 6.07) is -0.0354. The molecule has 31 heavy (non-hydrogen) atoms. The van der Waals surface area contributed by atoms with E-state index in [0.29, 0.717) is 10.9 Å². The summed E-state index contributed by atoms with van der Waals surface area (Å²) in [4.78, 5) is 9.19. The van der Waals surface area contributed by atoms with E-state index in [1.54, 1.807) is 6.20 Å². The van der Waals surface area contributed by atoms with Crippen LogP contribution in [-0.4, -0.2) is 38.5 Å². The van der Waals surface area contributed by atoms with Gasteiger partial charge in [0.25, 0.3) is 0 Å². The Morgan fingerprint density at radius 3 is 2.48 bits per heavy atom. The number of rotatable bonds is 8. The average molecular weight is 456 g/mol. The predicted octanol–water partition coefficient (Wildman–Crippen LogP) is 5.13. The van der Waals surface area contributed by atoms with E-state index in [1.807, 2.05) is 17.9 Å². The Morgan fingerprint density at radius 2 is 1.81 bits per heavy atom. The highest BCUT2D eigenvalue weighted by Crippen LogP contribution is 2.37. The first-order valence-electron chi connectivity index (χ1n) is 11.1. The van der Waals surface area contributed by atoms with E-state index in [-0.39, 0.29) is 6.04 Å². The number of alkyl halides is 3. The molecule has 2 aliphatic rings. The fourth-order valence-electron chi connectivity index (χ4n) is 4.46. The van der Waals surface area contributed by atoms with Crippen LogP contribution in [0.15, 0.2) is 12.4 Å². The van der Waals surface area contributed by atoms with Crippen LogP contribution in [0.25, 0.3) is 11.3 Å². The lowest BCUT2D eigenvalue weighted by molar-refractivity contribution is -0.126. The maximum absolute atomic E-state index is 12.4. The summed E-state index contributed by atoms with van der Waals surface area (Å²) in [6.07, 6.45) is 8.01. The summed E-state index contributed by atoms with van der Waals surface area (Å²) in [6.45, 7) is -0.902. The molecule has 0 amide bonds. The number of nitrogens with one attached hydrogen (secondary N) is 1. The molecule has 0 aromatic carbocycles. The van der Waals surface area contributed by atoms with Gasteiger partial charge in [-0.05, 0) is 63.2 Å². The van der Waals surface area contributed by atoms with Gasteiger partial charge in [0.05, 0.1) is 23.5 Å². The van der Waals surface area contributed by atoms with Crippen molar-refractivity contribution in [3.05, 3.63) is 28.9 Å². The number of halogens is 4. The zero-order chi connectivity index (χ0) is 22.0. The van der Waals surface area contributed by atoms with Crippen LogP contribution < -0.4 is 5.32 Å². The third-order valence-electron chi connectivity index (χ3n) is 6.50. The van der Waals surface area contributed by atoms with Crippen molar-refractivity contribution in [1.82, 2.24) is 25.1 Å². The Bertz CT molecular complexity index is 886. The van der Waals surface area contributed by atoms with Gasteiger partial charge in [-0.3, -0.25) is 4.68 Å². The molecule has 2 aliphatic carbocycles. The van der Waals surface area contributed by atoms with Crippen molar-refractivity contribution in [2.24, 2.45) is 18.9 Å².